The Kier molecular flexibility index (Phi) is 2.21. The minimum Gasteiger partial charge on any atom is -0.396 e. The first-order valence-electron chi connectivity index (χ1n) is 5.38. The van der Waals surface area contributed by atoms with E-state index in [1.54, 1.807) is 12.3 Å². The van der Waals surface area contributed by atoms with Crippen molar-refractivity contribution in [3.63, 3.8) is 0 Å². The van der Waals surface area contributed by atoms with Crippen LogP contribution in [0.5, 0.6) is 0 Å². The average molecular weight is 235 g/mol. The summed E-state index contributed by atoms with van der Waals surface area (Å²) in [6.07, 6.45) is 3.16. The highest BCUT2D eigenvalue weighted by Gasteiger charge is 2.09. The molecule has 0 aliphatic carbocycles. The lowest BCUT2D eigenvalue weighted by molar-refractivity contribution is 0.849. The van der Waals surface area contributed by atoms with Gasteiger partial charge >= 0.3 is 0 Å². The molecule has 3 aromatic rings. The topological polar surface area (TPSA) is 80.5 Å². The number of pyridine rings is 1. The molecule has 0 spiro atoms. The van der Waals surface area contributed by atoms with E-state index in [9.17, 15) is 5.26 Å². The number of nitrogens with zero attached hydrogens (tertiary/aromatic N) is 4. The van der Waals surface area contributed by atoms with E-state index in [0.29, 0.717) is 17.1 Å². The van der Waals surface area contributed by atoms with Gasteiger partial charge in [-0.1, -0.05) is 18.2 Å². The molecular formula is C13H9N5. The molecule has 0 saturated carbocycles. The maximum Gasteiger partial charge on any atom is 0.171 e. The number of benzene rings is 1. The highest BCUT2D eigenvalue weighted by molar-refractivity contribution is 5.81. The molecule has 5 nitrogen and oxygen atoms in total. The maximum atomic E-state index is 9.18. The van der Waals surface area contributed by atoms with Gasteiger partial charge in [0.05, 0.1) is 29.2 Å². The summed E-state index contributed by atoms with van der Waals surface area (Å²) in [6, 6.07) is 11.6. The number of hydrogen-bond donors (Lipinski definition) is 1. The first kappa shape index (κ1) is 10.3. The van der Waals surface area contributed by atoms with E-state index in [2.05, 4.69) is 16.2 Å². The highest BCUT2D eigenvalue weighted by atomic mass is 15.3. The van der Waals surface area contributed by atoms with E-state index in [-0.39, 0.29) is 0 Å². The van der Waals surface area contributed by atoms with Gasteiger partial charge in [0, 0.05) is 5.39 Å². The molecule has 3 rings (SSSR count). The lowest BCUT2D eigenvalue weighted by Crippen LogP contribution is -2.01. The third-order valence-corrected chi connectivity index (χ3v) is 2.64. The number of rotatable bonds is 1. The summed E-state index contributed by atoms with van der Waals surface area (Å²) in [5.74, 6) is 0.493. The summed E-state index contributed by atoms with van der Waals surface area (Å²) in [7, 11) is 0. The second kappa shape index (κ2) is 3.86. The molecule has 0 amide bonds. The standard InChI is InChI=1S/C13H9N5/c14-6-10-5-9-3-1-2-4-12(9)17-13(10)18-8-11(15)7-16-18/h1-5,7-8H,15H2. The Morgan fingerprint density at radius 3 is 2.83 bits per heavy atom. The van der Waals surface area contributed by atoms with Gasteiger partial charge < -0.3 is 5.73 Å². The van der Waals surface area contributed by atoms with Crippen LogP contribution >= 0.6 is 0 Å². The van der Waals surface area contributed by atoms with Gasteiger partial charge in [-0.3, -0.25) is 0 Å². The van der Waals surface area contributed by atoms with Crippen LogP contribution in [-0.2, 0) is 0 Å². The summed E-state index contributed by atoms with van der Waals surface area (Å²) in [5.41, 5.74) is 7.45. The van der Waals surface area contributed by atoms with Crippen molar-refractivity contribution in [3.8, 4) is 11.9 Å². The minimum absolute atomic E-state index is 0.469. The predicted molar refractivity (Wildman–Crippen MR) is 68.0 cm³/mol. The van der Waals surface area contributed by atoms with Crippen LogP contribution < -0.4 is 5.73 Å². The lowest BCUT2D eigenvalue weighted by atomic mass is 10.1. The van der Waals surface area contributed by atoms with E-state index < -0.39 is 0 Å². The largest absolute Gasteiger partial charge is 0.396 e. The van der Waals surface area contributed by atoms with Crippen molar-refractivity contribution in [1.82, 2.24) is 14.8 Å². The molecule has 5 heteroatoms. The van der Waals surface area contributed by atoms with Crippen molar-refractivity contribution >= 4 is 16.6 Å². The SMILES string of the molecule is N#Cc1cc2ccccc2nc1-n1cc(N)cn1. The monoisotopic (exact) mass is 235 g/mol. The van der Waals surface area contributed by atoms with Crippen molar-refractivity contribution in [2.75, 3.05) is 5.73 Å². The fourth-order valence-electron chi connectivity index (χ4n) is 1.82. The quantitative estimate of drug-likeness (QED) is 0.698. The molecule has 2 N–H and O–H groups in total. The van der Waals surface area contributed by atoms with Gasteiger partial charge in [0.25, 0.3) is 0 Å². The Labute approximate surface area is 103 Å². The molecule has 0 atom stereocenters. The number of aromatic nitrogens is 3. The Morgan fingerprint density at radius 2 is 2.11 bits per heavy atom. The van der Waals surface area contributed by atoms with Crippen LogP contribution in [0.1, 0.15) is 5.56 Å². The lowest BCUT2D eigenvalue weighted by Gasteiger charge is -2.05. The molecule has 86 valence electrons. The van der Waals surface area contributed by atoms with Gasteiger partial charge in [-0.15, -0.1) is 0 Å². The number of hydrogen-bond acceptors (Lipinski definition) is 4. The smallest absolute Gasteiger partial charge is 0.171 e. The molecule has 1 aromatic carbocycles. The third kappa shape index (κ3) is 1.57. The van der Waals surface area contributed by atoms with Gasteiger partial charge in [0.15, 0.2) is 5.82 Å². The molecule has 2 heterocycles. The van der Waals surface area contributed by atoms with Crippen molar-refractivity contribution in [2.45, 2.75) is 0 Å². The second-order valence-electron chi connectivity index (χ2n) is 3.88. The van der Waals surface area contributed by atoms with Crippen LogP contribution in [-0.4, -0.2) is 14.8 Å². The van der Waals surface area contributed by atoms with Crippen LogP contribution in [0.2, 0.25) is 0 Å². The van der Waals surface area contributed by atoms with Crippen LogP contribution in [0, 0.1) is 11.3 Å². The fourth-order valence-corrected chi connectivity index (χ4v) is 1.82. The first-order valence-corrected chi connectivity index (χ1v) is 5.38. The number of nitriles is 1. The average Bonchev–Trinajstić information content (AvgIpc) is 2.83. The van der Waals surface area contributed by atoms with Gasteiger partial charge in [0.2, 0.25) is 0 Å². The van der Waals surface area contributed by atoms with Gasteiger partial charge in [-0.05, 0) is 12.1 Å². The normalized spacial score (nSPS) is 10.4. The zero-order valence-corrected chi connectivity index (χ0v) is 9.41. The van der Waals surface area contributed by atoms with Crippen LogP contribution in [0.3, 0.4) is 0 Å². The van der Waals surface area contributed by atoms with E-state index in [4.69, 9.17) is 5.73 Å². The number of para-hydroxylation sites is 1. The molecule has 0 bridgehead atoms. The zero-order valence-electron chi connectivity index (χ0n) is 9.41. The summed E-state index contributed by atoms with van der Waals surface area (Å²) < 4.78 is 1.51. The molecule has 18 heavy (non-hydrogen) atoms. The first-order chi connectivity index (χ1) is 8.78. The maximum absolute atomic E-state index is 9.18. The summed E-state index contributed by atoms with van der Waals surface area (Å²) in [6.45, 7) is 0. The molecule has 0 aliphatic rings. The van der Waals surface area contributed by atoms with Gasteiger partial charge in [-0.2, -0.15) is 10.4 Å². The Bertz CT molecular complexity index is 766. The molecule has 0 radical (unpaired) electrons. The second-order valence-corrected chi connectivity index (χ2v) is 3.88. The molecule has 0 saturated heterocycles. The van der Waals surface area contributed by atoms with E-state index >= 15 is 0 Å². The van der Waals surface area contributed by atoms with Crippen molar-refractivity contribution < 1.29 is 0 Å². The van der Waals surface area contributed by atoms with Crippen LogP contribution in [0.15, 0.2) is 42.7 Å². The van der Waals surface area contributed by atoms with Crippen LogP contribution in [0.25, 0.3) is 16.7 Å². The summed E-state index contributed by atoms with van der Waals surface area (Å²) in [5, 5.41) is 14.2. The van der Waals surface area contributed by atoms with Crippen molar-refractivity contribution in [2.24, 2.45) is 0 Å². The molecule has 0 unspecified atom stereocenters. The van der Waals surface area contributed by atoms with Crippen molar-refractivity contribution in [1.29, 1.82) is 5.26 Å². The molecule has 2 aromatic heterocycles. The number of nitrogens with two attached hydrogens (primary N) is 1. The van der Waals surface area contributed by atoms with E-state index in [1.807, 2.05) is 24.3 Å². The van der Waals surface area contributed by atoms with Crippen LogP contribution in [0.4, 0.5) is 5.69 Å². The van der Waals surface area contributed by atoms with E-state index in [0.717, 1.165) is 10.9 Å². The minimum atomic E-state index is 0.469. The predicted octanol–water partition coefficient (Wildman–Crippen LogP) is 1.87. The number of anilines is 1. The van der Waals surface area contributed by atoms with Gasteiger partial charge in [0.1, 0.15) is 6.07 Å². The molecular weight excluding hydrogens is 226 g/mol. The van der Waals surface area contributed by atoms with Gasteiger partial charge in [-0.25, -0.2) is 9.67 Å². The number of fused-ring (bicyclic) bond motifs is 1. The Morgan fingerprint density at radius 1 is 1.28 bits per heavy atom. The van der Waals surface area contributed by atoms with Crippen molar-refractivity contribution in [3.05, 3.63) is 48.3 Å². The molecule has 0 fully saturated rings. The Balaban J connectivity index is 2.31. The Hall–Kier alpha value is -2.87. The summed E-state index contributed by atoms with van der Waals surface area (Å²) >= 11 is 0. The third-order valence-electron chi connectivity index (χ3n) is 2.64. The zero-order chi connectivity index (χ0) is 12.5. The highest BCUT2D eigenvalue weighted by Crippen LogP contribution is 2.19. The van der Waals surface area contributed by atoms with E-state index in [1.165, 1.54) is 10.9 Å². The summed E-state index contributed by atoms with van der Waals surface area (Å²) in [4.78, 5) is 4.45. The molecule has 0 aliphatic heterocycles. The fraction of sp³-hybridized carbons (Fsp3) is 0. The number of nitrogen functional groups attached to an aromatic ring is 1.